The van der Waals surface area contributed by atoms with Crippen LogP contribution in [0.2, 0.25) is 0 Å². The largest absolute Gasteiger partial charge is 0.329 e. The molecule has 0 radical (unpaired) electrons. The quantitative estimate of drug-likeness (QED) is 0.874. The summed E-state index contributed by atoms with van der Waals surface area (Å²) in [6.07, 6.45) is 6.60. The number of likely N-dealkylation sites (N-methyl/N-ethyl adjacent to an activating group) is 1. The molecule has 1 fully saturated rings. The van der Waals surface area contributed by atoms with Crippen molar-refractivity contribution in [3.8, 4) is 0 Å². The first-order valence-electron chi connectivity index (χ1n) is 6.20. The van der Waals surface area contributed by atoms with Crippen LogP contribution in [0.4, 0.5) is 0 Å². The molecule has 1 aliphatic rings. The van der Waals surface area contributed by atoms with Gasteiger partial charge in [-0.3, -0.25) is 4.90 Å². The van der Waals surface area contributed by atoms with E-state index in [0.29, 0.717) is 0 Å². The van der Waals surface area contributed by atoms with Crippen LogP contribution < -0.4 is 5.73 Å². The predicted octanol–water partition coefficient (Wildman–Crippen LogP) is 2.84. The van der Waals surface area contributed by atoms with E-state index in [1.807, 2.05) is 11.3 Å². The highest BCUT2D eigenvalue weighted by Gasteiger charge is 2.34. The smallest absolute Gasteiger partial charge is 0.0332 e. The fraction of sp³-hybridized carbons (Fsp3) is 0.692. The van der Waals surface area contributed by atoms with Crippen molar-refractivity contribution in [1.29, 1.82) is 0 Å². The second-order valence-corrected chi connectivity index (χ2v) is 5.96. The molecule has 16 heavy (non-hydrogen) atoms. The highest BCUT2D eigenvalue weighted by molar-refractivity contribution is 7.09. The van der Waals surface area contributed by atoms with Gasteiger partial charge in [-0.25, -0.2) is 0 Å². The van der Waals surface area contributed by atoms with E-state index in [-0.39, 0.29) is 5.54 Å². The van der Waals surface area contributed by atoms with Gasteiger partial charge in [0.15, 0.2) is 0 Å². The van der Waals surface area contributed by atoms with Gasteiger partial charge in [-0.2, -0.15) is 0 Å². The zero-order valence-corrected chi connectivity index (χ0v) is 10.9. The van der Waals surface area contributed by atoms with Gasteiger partial charge in [0.25, 0.3) is 0 Å². The summed E-state index contributed by atoms with van der Waals surface area (Å²) in [4.78, 5) is 3.93. The maximum atomic E-state index is 6.03. The van der Waals surface area contributed by atoms with Crippen LogP contribution >= 0.6 is 11.3 Å². The lowest BCUT2D eigenvalue weighted by Gasteiger charge is -2.44. The fourth-order valence-corrected chi connectivity index (χ4v) is 3.51. The van der Waals surface area contributed by atoms with Crippen molar-refractivity contribution in [2.24, 2.45) is 5.73 Å². The standard InChI is InChI=1S/C13H22N2S/c1-15(10-12-6-5-9-16-12)13(11-14)7-3-2-4-8-13/h5-6,9H,2-4,7-8,10-11,14H2,1H3. The molecule has 2 nitrogen and oxygen atoms in total. The third kappa shape index (κ3) is 2.47. The first-order chi connectivity index (χ1) is 7.77. The SMILES string of the molecule is CN(Cc1cccs1)C1(CN)CCCCC1. The van der Waals surface area contributed by atoms with Crippen LogP contribution in [0.15, 0.2) is 17.5 Å². The Morgan fingerprint density at radius 1 is 1.38 bits per heavy atom. The summed E-state index contributed by atoms with van der Waals surface area (Å²) in [5.74, 6) is 0. The van der Waals surface area contributed by atoms with E-state index in [9.17, 15) is 0 Å². The van der Waals surface area contributed by atoms with Crippen molar-refractivity contribution < 1.29 is 0 Å². The third-order valence-corrected chi connectivity index (χ3v) is 4.81. The van der Waals surface area contributed by atoms with E-state index in [0.717, 1.165) is 13.1 Å². The molecule has 1 heterocycles. The van der Waals surface area contributed by atoms with Crippen LogP contribution in [0.25, 0.3) is 0 Å². The molecule has 3 heteroatoms. The minimum atomic E-state index is 0.266. The molecule has 0 bridgehead atoms. The Hall–Kier alpha value is -0.380. The molecule has 90 valence electrons. The molecule has 0 aliphatic heterocycles. The molecule has 2 rings (SSSR count). The number of thiophene rings is 1. The summed E-state index contributed by atoms with van der Waals surface area (Å²) in [5.41, 5.74) is 6.30. The number of rotatable bonds is 4. The molecular weight excluding hydrogens is 216 g/mol. The van der Waals surface area contributed by atoms with Gasteiger partial charge >= 0.3 is 0 Å². The zero-order chi connectivity index (χ0) is 11.4. The van der Waals surface area contributed by atoms with Crippen molar-refractivity contribution in [2.75, 3.05) is 13.6 Å². The van der Waals surface area contributed by atoms with Gasteiger partial charge in [0.2, 0.25) is 0 Å². The van der Waals surface area contributed by atoms with Crippen molar-refractivity contribution in [2.45, 2.75) is 44.2 Å². The first-order valence-corrected chi connectivity index (χ1v) is 7.08. The Balaban J connectivity index is 2.02. The number of nitrogens with two attached hydrogens (primary N) is 1. The fourth-order valence-electron chi connectivity index (χ4n) is 2.76. The van der Waals surface area contributed by atoms with E-state index in [1.54, 1.807) is 0 Å². The van der Waals surface area contributed by atoms with E-state index in [2.05, 4.69) is 29.5 Å². The van der Waals surface area contributed by atoms with Gasteiger partial charge in [0.05, 0.1) is 0 Å². The summed E-state index contributed by atoms with van der Waals surface area (Å²) in [7, 11) is 2.23. The monoisotopic (exact) mass is 238 g/mol. The maximum absolute atomic E-state index is 6.03. The average Bonchev–Trinajstić information content (AvgIpc) is 2.82. The average molecular weight is 238 g/mol. The summed E-state index contributed by atoms with van der Waals surface area (Å²) in [6, 6.07) is 4.35. The number of hydrogen-bond donors (Lipinski definition) is 1. The van der Waals surface area contributed by atoms with E-state index >= 15 is 0 Å². The highest BCUT2D eigenvalue weighted by atomic mass is 32.1. The minimum absolute atomic E-state index is 0.266. The molecule has 1 aromatic heterocycles. The lowest BCUT2D eigenvalue weighted by atomic mass is 9.80. The number of nitrogens with zero attached hydrogens (tertiary/aromatic N) is 1. The van der Waals surface area contributed by atoms with Gasteiger partial charge in [-0.15, -0.1) is 11.3 Å². The van der Waals surface area contributed by atoms with Gasteiger partial charge in [0.1, 0.15) is 0 Å². The third-order valence-electron chi connectivity index (χ3n) is 3.95. The summed E-state index contributed by atoms with van der Waals surface area (Å²) in [5, 5.41) is 2.15. The molecule has 0 unspecified atom stereocenters. The molecule has 1 aromatic rings. The topological polar surface area (TPSA) is 29.3 Å². The molecule has 1 aliphatic carbocycles. The molecule has 0 aromatic carbocycles. The Kier molecular flexibility index (Phi) is 4.00. The lowest BCUT2D eigenvalue weighted by molar-refractivity contribution is 0.0768. The van der Waals surface area contributed by atoms with Crippen LogP contribution in [0.1, 0.15) is 37.0 Å². The summed E-state index contributed by atoms with van der Waals surface area (Å²) >= 11 is 1.84. The molecule has 0 atom stereocenters. The Morgan fingerprint density at radius 2 is 2.12 bits per heavy atom. The van der Waals surface area contributed by atoms with Crippen LogP contribution in [0.3, 0.4) is 0 Å². The van der Waals surface area contributed by atoms with Crippen LogP contribution in [0.5, 0.6) is 0 Å². The highest BCUT2D eigenvalue weighted by Crippen LogP contribution is 2.33. The van der Waals surface area contributed by atoms with Crippen molar-refractivity contribution in [1.82, 2.24) is 4.90 Å². The molecule has 1 saturated carbocycles. The summed E-state index contributed by atoms with van der Waals surface area (Å²) in [6.45, 7) is 1.85. The molecule has 2 N–H and O–H groups in total. The molecule has 0 saturated heterocycles. The van der Waals surface area contributed by atoms with E-state index < -0.39 is 0 Å². The second-order valence-electron chi connectivity index (χ2n) is 4.92. The van der Waals surface area contributed by atoms with Crippen molar-refractivity contribution in [3.63, 3.8) is 0 Å². The summed E-state index contributed by atoms with van der Waals surface area (Å²) < 4.78 is 0. The van der Waals surface area contributed by atoms with E-state index in [4.69, 9.17) is 5.73 Å². The van der Waals surface area contributed by atoms with Crippen molar-refractivity contribution >= 4 is 11.3 Å². The number of hydrogen-bond acceptors (Lipinski definition) is 3. The minimum Gasteiger partial charge on any atom is -0.329 e. The Morgan fingerprint density at radius 3 is 2.69 bits per heavy atom. The Bertz CT molecular complexity index is 302. The zero-order valence-electron chi connectivity index (χ0n) is 10.1. The van der Waals surface area contributed by atoms with Crippen molar-refractivity contribution in [3.05, 3.63) is 22.4 Å². The van der Waals surface area contributed by atoms with E-state index in [1.165, 1.54) is 37.0 Å². The Labute approximate surface area is 102 Å². The van der Waals surface area contributed by atoms with Crippen LogP contribution in [-0.4, -0.2) is 24.0 Å². The first kappa shape index (κ1) is 12.1. The lowest BCUT2D eigenvalue weighted by Crippen LogP contribution is -2.52. The second kappa shape index (κ2) is 5.30. The van der Waals surface area contributed by atoms with Gasteiger partial charge in [0, 0.05) is 23.5 Å². The molecule has 0 amide bonds. The predicted molar refractivity (Wildman–Crippen MR) is 70.7 cm³/mol. The van der Waals surface area contributed by atoms with Gasteiger partial charge < -0.3 is 5.73 Å². The van der Waals surface area contributed by atoms with Gasteiger partial charge in [-0.1, -0.05) is 25.3 Å². The molecule has 0 spiro atoms. The normalized spacial score (nSPS) is 20.2. The molecular formula is C13H22N2S. The van der Waals surface area contributed by atoms with Gasteiger partial charge in [-0.05, 0) is 31.3 Å². The maximum Gasteiger partial charge on any atom is 0.0332 e. The van der Waals surface area contributed by atoms with Crippen LogP contribution in [-0.2, 0) is 6.54 Å². The van der Waals surface area contributed by atoms with Crippen LogP contribution in [0, 0.1) is 0 Å².